The van der Waals surface area contributed by atoms with Crippen molar-refractivity contribution in [3.63, 3.8) is 0 Å². The predicted octanol–water partition coefficient (Wildman–Crippen LogP) is 4.13. The maximum absolute atomic E-state index is 11.8. The molecule has 0 aliphatic heterocycles. The summed E-state index contributed by atoms with van der Waals surface area (Å²) in [4.78, 5) is 11.8. The highest BCUT2D eigenvalue weighted by atomic mass is 79.9. The first-order chi connectivity index (χ1) is 10.1. The molecule has 0 saturated heterocycles. The fourth-order valence-corrected chi connectivity index (χ4v) is 2.40. The average Bonchev–Trinajstić information content (AvgIpc) is 2.47. The minimum Gasteiger partial charge on any atom is -0.497 e. The number of carbonyl (C=O) groups is 1. The standard InChI is InChI=1S/C15H13BrClNO3/c1-20-12-5-3-11(4-6-12)18-15(19)9-21-14-7-2-10(17)8-13(14)16/h2-8H,9H2,1H3,(H,18,19). The van der Waals surface area contributed by atoms with Crippen molar-refractivity contribution in [1.29, 1.82) is 0 Å². The van der Waals surface area contributed by atoms with Gasteiger partial charge >= 0.3 is 0 Å². The SMILES string of the molecule is COc1ccc(NC(=O)COc2ccc(Cl)cc2Br)cc1. The number of amides is 1. The molecule has 0 fully saturated rings. The molecule has 110 valence electrons. The summed E-state index contributed by atoms with van der Waals surface area (Å²) in [5.74, 6) is 1.04. The Balaban J connectivity index is 1.89. The minimum atomic E-state index is -0.248. The second-order valence-corrected chi connectivity index (χ2v) is 5.43. The molecule has 0 radical (unpaired) electrons. The molecule has 2 rings (SSSR count). The fourth-order valence-electron chi connectivity index (χ4n) is 1.61. The van der Waals surface area contributed by atoms with E-state index in [1.807, 2.05) is 0 Å². The molecule has 0 unspecified atom stereocenters. The van der Waals surface area contributed by atoms with Crippen LogP contribution in [0.3, 0.4) is 0 Å². The summed E-state index contributed by atoms with van der Waals surface area (Å²) in [6.45, 7) is -0.0910. The smallest absolute Gasteiger partial charge is 0.262 e. The third kappa shape index (κ3) is 4.65. The topological polar surface area (TPSA) is 47.6 Å². The van der Waals surface area contributed by atoms with Crippen LogP contribution in [0.4, 0.5) is 5.69 Å². The molecule has 0 atom stereocenters. The van der Waals surface area contributed by atoms with Crippen molar-refractivity contribution in [2.75, 3.05) is 19.0 Å². The summed E-state index contributed by atoms with van der Waals surface area (Å²) in [5.41, 5.74) is 0.680. The van der Waals surface area contributed by atoms with E-state index >= 15 is 0 Å². The molecular formula is C15H13BrClNO3. The van der Waals surface area contributed by atoms with E-state index in [0.717, 1.165) is 5.75 Å². The third-order valence-electron chi connectivity index (χ3n) is 2.63. The van der Waals surface area contributed by atoms with Gasteiger partial charge in [0.2, 0.25) is 0 Å². The van der Waals surface area contributed by atoms with Crippen molar-refractivity contribution in [2.45, 2.75) is 0 Å². The van der Waals surface area contributed by atoms with E-state index in [9.17, 15) is 4.79 Å². The monoisotopic (exact) mass is 369 g/mol. The molecule has 2 aromatic carbocycles. The number of hydrogen-bond acceptors (Lipinski definition) is 3. The largest absolute Gasteiger partial charge is 0.497 e. The molecule has 1 amide bonds. The van der Waals surface area contributed by atoms with Crippen molar-refractivity contribution >= 4 is 39.1 Å². The molecule has 21 heavy (non-hydrogen) atoms. The van der Waals surface area contributed by atoms with Gasteiger partial charge in [0.15, 0.2) is 6.61 Å². The van der Waals surface area contributed by atoms with Crippen LogP contribution in [0.25, 0.3) is 0 Å². The maximum Gasteiger partial charge on any atom is 0.262 e. The highest BCUT2D eigenvalue weighted by Crippen LogP contribution is 2.27. The number of methoxy groups -OCH3 is 1. The molecular weight excluding hydrogens is 358 g/mol. The summed E-state index contributed by atoms with van der Waals surface area (Å²) in [7, 11) is 1.59. The van der Waals surface area contributed by atoms with Gasteiger partial charge in [-0.05, 0) is 58.4 Å². The Morgan fingerprint density at radius 1 is 1.24 bits per heavy atom. The lowest BCUT2D eigenvalue weighted by Gasteiger charge is -2.09. The van der Waals surface area contributed by atoms with Crippen LogP contribution in [0.5, 0.6) is 11.5 Å². The first kappa shape index (κ1) is 15.7. The number of nitrogens with one attached hydrogen (secondary N) is 1. The zero-order valence-electron chi connectivity index (χ0n) is 11.2. The Bertz CT molecular complexity index is 631. The molecule has 0 saturated carbocycles. The molecule has 2 aromatic rings. The number of anilines is 1. The number of hydrogen-bond donors (Lipinski definition) is 1. The van der Waals surface area contributed by atoms with E-state index in [2.05, 4.69) is 21.2 Å². The number of carbonyl (C=O) groups excluding carboxylic acids is 1. The highest BCUT2D eigenvalue weighted by Gasteiger charge is 2.07. The van der Waals surface area contributed by atoms with E-state index < -0.39 is 0 Å². The van der Waals surface area contributed by atoms with Crippen LogP contribution < -0.4 is 14.8 Å². The lowest BCUT2D eigenvalue weighted by Crippen LogP contribution is -2.20. The molecule has 0 heterocycles. The Labute approximate surface area is 136 Å². The van der Waals surface area contributed by atoms with Gasteiger partial charge in [-0.2, -0.15) is 0 Å². The van der Waals surface area contributed by atoms with Crippen LogP contribution in [0.15, 0.2) is 46.9 Å². The summed E-state index contributed by atoms with van der Waals surface area (Å²) in [5, 5.41) is 3.33. The number of rotatable bonds is 5. The average molecular weight is 371 g/mol. The lowest BCUT2D eigenvalue weighted by molar-refractivity contribution is -0.118. The zero-order valence-corrected chi connectivity index (χ0v) is 13.6. The Morgan fingerprint density at radius 3 is 2.57 bits per heavy atom. The van der Waals surface area contributed by atoms with Gasteiger partial charge in [0.1, 0.15) is 11.5 Å². The zero-order chi connectivity index (χ0) is 15.2. The second kappa shape index (κ2) is 7.33. The molecule has 0 aliphatic carbocycles. The van der Waals surface area contributed by atoms with Gasteiger partial charge in [0, 0.05) is 10.7 Å². The Morgan fingerprint density at radius 2 is 1.95 bits per heavy atom. The second-order valence-electron chi connectivity index (χ2n) is 4.14. The van der Waals surface area contributed by atoms with Gasteiger partial charge < -0.3 is 14.8 Å². The third-order valence-corrected chi connectivity index (χ3v) is 3.48. The van der Waals surface area contributed by atoms with E-state index in [1.165, 1.54) is 0 Å². The van der Waals surface area contributed by atoms with Crippen LogP contribution in [0.2, 0.25) is 5.02 Å². The lowest BCUT2D eigenvalue weighted by atomic mass is 10.3. The summed E-state index contributed by atoms with van der Waals surface area (Å²) in [6.07, 6.45) is 0. The first-order valence-corrected chi connectivity index (χ1v) is 7.27. The van der Waals surface area contributed by atoms with Crippen molar-refractivity contribution in [2.24, 2.45) is 0 Å². The molecule has 4 nitrogen and oxygen atoms in total. The summed E-state index contributed by atoms with van der Waals surface area (Å²) >= 11 is 9.16. The van der Waals surface area contributed by atoms with Gasteiger partial charge in [-0.3, -0.25) is 4.79 Å². The number of halogens is 2. The van der Waals surface area contributed by atoms with Gasteiger partial charge in [-0.15, -0.1) is 0 Å². The quantitative estimate of drug-likeness (QED) is 0.861. The molecule has 0 aliphatic rings. The van der Waals surface area contributed by atoms with E-state index in [4.69, 9.17) is 21.1 Å². The van der Waals surface area contributed by atoms with E-state index in [-0.39, 0.29) is 12.5 Å². The number of benzene rings is 2. The van der Waals surface area contributed by atoms with Crippen molar-refractivity contribution in [3.05, 3.63) is 52.0 Å². The predicted molar refractivity (Wildman–Crippen MR) is 86.3 cm³/mol. The van der Waals surface area contributed by atoms with Crippen LogP contribution >= 0.6 is 27.5 Å². The minimum absolute atomic E-state index is 0.0910. The molecule has 0 bridgehead atoms. The Kier molecular flexibility index (Phi) is 5.47. The Hall–Kier alpha value is -1.72. The first-order valence-electron chi connectivity index (χ1n) is 6.10. The van der Waals surface area contributed by atoms with Crippen LogP contribution in [0, 0.1) is 0 Å². The van der Waals surface area contributed by atoms with Crippen LogP contribution in [-0.2, 0) is 4.79 Å². The molecule has 0 aromatic heterocycles. The van der Waals surface area contributed by atoms with Gasteiger partial charge in [0.25, 0.3) is 5.91 Å². The molecule has 1 N–H and O–H groups in total. The fraction of sp³-hybridized carbons (Fsp3) is 0.133. The highest BCUT2D eigenvalue weighted by molar-refractivity contribution is 9.10. The van der Waals surface area contributed by atoms with Gasteiger partial charge in [-0.25, -0.2) is 0 Å². The van der Waals surface area contributed by atoms with Crippen molar-refractivity contribution in [1.82, 2.24) is 0 Å². The van der Waals surface area contributed by atoms with Crippen molar-refractivity contribution in [3.8, 4) is 11.5 Å². The van der Waals surface area contributed by atoms with Crippen LogP contribution in [0.1, 0.15) is 0 Å². The van der Waals surface area contributed by atoms with Crippen LogP contribution in [-0.4, -0.2) is 19.6 Å². The number of ether oxygens (including phenoxy) is 2. The maximum atomic E-state index is 11.8. The normalized spacial score (nSPS) is 10.0. The molecule has 0 spiro atoms. The summed E-state index contributed by atoms with van der Waals surface area (Å²) < 4.78 is 11.2. The summed E-state index contributed by atoms with van der Waals surface area (Å²) in [6, 6.07) is 12.2. The molecule has 6 heteroatoms. The van der Waals surface area contributed by atoms with Crippen molar-refractivity contribution < 1.29 is 14.3 Å². The van der Waals surface area contributed by atoms with E-state index in [1.54, 1.807) is 49.6 Å². The van der Waals surface area contributed by atoms with Gasteiger partial charge in [0.05, 0.1) is 11.6 Å². The van der Waals surface area contributed by atoms with E-state index in [0.29, 0.717) is 20.9 Å². The van der Waals surface area contributed by atoms with Gasteiger partial charge in [-0.1, -0.05) is 11.6 Å².